The molecule has 0 radical (unpaired) electrons. The molecule has 0 fully saturated rings. The molecule has 0 aliphatic heterocycles. The Morgan fingerprint density at radius 2 is 2.05 bits per heavy atom. The Morgan fingerprint density at radius 1 is 1.18 bits per heavy atom. The second-order valence-corrected chi connectivity index (χ2v) is 8.37. The van der Waals surface area contributed by atoms with E-state index >= 15 is 0 Å². The molecule has 3 aromatic heterocycles. The second-order valence-electron chi connectivity index (χ2n) is 4.85. The summed E-state index contributed by atoms with van der Waals surface area (Å²) in [4.78, 5) is 0.982. The third-order valence-corrected chi connectivity index (χ3v) is 5.50. The number of thiophene rings is 1. The summed E-state index contributed by atoms with van der Waals surface area (Å²) in [5.41, 5.74) is 0. The van der Waals surface area contributed by atoms with E-state index in [4.69, 9.17) is 4.42 Å². The molecule has 9 heteroatoms. The molecular weight excluding hydrogens is 338 g/mol. The largest absolute Gasteiger partial charge is 0.419 e. The number of hydrogen-bond donors (Lipinski definition) is 1. The van der Waals surface area contributed by atoms with Gasteiger partial charge in [0.1, 0.15) is 0 Å². The first-order chi connectivity index (χ1) is 10.6. The lowest BCUT2D eigenvalue weighted by Crippen LogP contribution is -2.08. The van der Waals surface area contributed by atoms with Gasteiger partial charge in [0, 0.05) is 6.04 Å². The van der Waals surface area contributed by atoms with Crippen LogP contribution in [0.3, 0.4) is 0 Å². The number of anilines is 1. The van der Waals surface area contributed by atoms with E-state index < -0.39 is 0 Å². The molecule has 0 aliphatic rings. The van der Waals surface area contributed by atoms with Crippen molar-refractivity contribution in [1.82, 2.24) is 20.4 Å². The highest BCUT2D eigenvalue weighted by molar-refractivity contribution is 8.01. The number of aromatic nitrogens is 4. The molecule has 0 amide bonds. The SMILES string of the molecule is CC(C)Nc1nnc(S[C@@H](C)c2nnc(-c3cccs3)o2)s1. The smallest absolute Gasteiger partial charge is 0.257 e. The average molecular weight is 353 g/mol. The Hall–Kier alpha value is -1.45. The average Bonchev–Trinajstić information content (AvgIpc) is 3.19. The Kier molecular flexibility index (Phi) is 4.74. The molecule has 3 aromatic rings. The van der Waals surface area contributed by atoms with Gasteiger partial charge in [0.25, 0.3) is 5.89 Å². The zero-order valence-electron chi connectivity index (χ0n) is 12.3. The van der Waals surface area contributed by atoms with Crippen LogP contribution in [0.15, 0.2) is 26.3 Å². The van der Waals surface area contributed by atoms with Crippen molar-refractivity contribution < 1.29 is 4.42 Å². The van der Waals surface area contributed by atoms with E-state index in [1.54, 1.807) is 23.1 Å². The van der Waals surface area contributed by atoms with Gasteiger partial charge in [-0.3, -0.25) is 0 Å². The zero-order valence-corrected chi connectivity index (χ0v) is 14.8. The zero-order chi connectivity index (χ0) is 15.5. The summed E-state index contributed by atoms with van der Waals surface area (Å²) in [7, 11) is 0. The number of rotatable bonds is 6. The summed E-state index contributed by atoms with van der Waals surface area (Å²) < 4.78 is 6.62. The molecule has 0 bridgehead atoms. The third-order valence-electron chi connectivity index (χ3n) is 2.62. The molecule has 3 rings (SSSR count). The second kappa shape index (κ2) is 6.76. The third kappa shape index (κ3) is 3.65. The van der Waals surface area contributed by atoms with Gasteiger partial charge in [-0.2, -0.15) is 0 Å². The van der Waals surface area contributed by atoms with Gasteiger partial charge in [0.05, 0.1) is 10.1 Å². The molecule has 1 atom stereocenters. The highest BCUT2D eigenvalue weighted by atomic mass is 32.2. The molecule has 116 valence electrons. The maximum atomic E-state index is 5.74. The van der Waals surface area contributed by atoms with Crippen molar-refractivity contribution >= 4 is 39.6 Å². The predicted molar refractivity (Wildman–Crippen MR) is 90.6 cm³/mol. The summed E-state index contributed by atoms with van der Waals surface area (Å²) in [5, 5.41) is 22.6. The van der Waals surface area contributed by atoms with E-state index in [1.165, 1.54) is 11.3 Å². The van der Waals surface area contributed by atoms with Gasteiger partial charge in [0.15, 0.2) is 4.34 Å². The van der Waals surface area contributed by atoms with Crippen LogP contribution < -0.4 is 5.32 Å². The highest BCUT2D eigenvalue weighted by Gasteiger charge is 2.18. The quantitative estimate of drug-likeness (QED) is 0.661. The van der Waals surface area contributed by atoms with Crippen molar-refractivity contribution in [3.05, 3.63) is 23.4 Å². The monoisotopic (exact) mass is 353 g/mol. The van der Waals surface area contributed by atoms with Crippen LogP contribution in [0, 0.1) is 0 Å². The van der Waals surface area contributed by atoms with Crippen molar-refractivity contribution in [2.24, 2.45) is 0 Å². The van der Waals surface area contributed by atoms with E-state index in [0.717, 1.165) is 14.3 Å². The normalized spacial score (nSPS) is 12.7. The van der Waals surface area contributed by atoms with Gasteiger partial charge in [-0.15, -0.1) is 31.7 Å². The van der Waals surface area contributed by atoms with Crippen LogP contribution in [0.1, 0.15) is 31.9 Å². The van der Waals surface area contributed by atoms with Gasteiger partial charge in [-0.1, -0.05) is 29.2 Å². The van der Waals surface area contributed by atoms with Crippen LogP contribution in [0.2, 0.25) is 0 Å². The van der Waals surface area contributed by atoms with E-state index in [1.807, 2.05) is 24.4 Å². The first kappa shape index (κ1) is 15.4. The number of nitrogens with one attached hydrogen (secondary N) is 1. The number of thioether (sulfide) groups is 1. The van der Waals surface area contributed by atoms with E-state index in [2.05, 4.69) is 39.6 Å². The fourth-order valence-corrected chi connectivity index (χ4v) is 4.38. The Bertz CT molecular complexity index is 722. The molecule has 0 unspecified atom stereocenters. The van der Waals surface area contributed by atoms with Crippen molar-refractivity contribution in [2.75, 3.05) is 5.32 Å². The first-order valence-electron chi connectivity index (χ1n) is 6.76. The van der Waals surface area contributed by atoms with Crippen LogP contribution in [0.4, 0.5) is 5.13 Å². The molecular formula is C13H15N5OS3. The first-order valence-corrected chi connectivity index (χ1v) is 9.33. The summed E-state index contributed by atoms with van der Waals surface area (Å²) in [6, 6.07) is 4.27. The van der Waals surface area contributed by atoms with Crippen molar-refractivity contribution in [2.45, 2.75) is 36.4 Å². The van der Waals surface area contributed by atoms with Gasteiger partial charge in [-0.25, -0.2) is 0 Å². The molecule has 22 heavy (non-hydrogen) atoms. The van der Waals surface area contributed by atoms with Gasteiger partial charge in [-0.05, 0) is 32.2 Å². The Labute approximate surface area is 140 Å². The maximum absolute atomic E-state index is 5.74. The lowest BCUT2D eigenvalue weighted by molar-refractivity contribution is 0.510. The van der Waals surface area contributed by atoms with Gasteiger partial charge in [0.2, 0.25) is 11.0 Å². The Balaban J connectivity index is 1.67. The summed E-state index contributed by atoms with van der Waals surface area (Å²) in [6.07, 6.45) is 0. The number of hydrogen-bond acceptors (Lipinski definition) is 9. The lowest BCUT2D eigenvalue weighted by Gasteiger charge is -2.03. The molecule has 3 heterocycles. The summed E-state index contributed by atoms with van der Waals surface area (Å²) in [6.45, 7) is 6.16. The van der Waals surface area contributed by atoms with Gasteiger partial charge >= 0.3 is 0 Å². The minimum Gasteiger partial charge on any atom is -0.419 e. The van der Waals surface area contributed by atoms with Crippen molar-refractivity contribution in [3.63, 3.8) is 0 Å². The molecule has 6 nitrogen and oxygen atoms in total. The standard InChI is InChI=1S/C13H15N5OS3/c1-7(2)14-12-17-18-13(22-12)21-8(3)10-15-16-11(19-10)9-5-4-6-20-9/h4-8H,1-3H3,(H,14,17)/t8-/m0/s1. The van der Waals surface area contributed by atoms with E-state index in [9.17, 15) is 0 Å². The molecule has 0 aliphatic carbocycles. The highest BCUT2D eigenvalue weighted by Crippen LogP contribution is 2.37. The lowest BCUT2D eigenvalue weighted by atomic mass is 10.4. The Morgan fingerprint density at radius 3 is 2.77 bits per heavy atom. The molecule has 1 N–H and O–H groups in total. The van der Waals surface area contributed by atoms with Crippen molar-refractivity contribution in [3.8, 4) is 10.8 Å². The minimum absolute atomic E-state index is 0.0288. The van der Waals surface area contributed by atoms with Crippen LogP contribution in [-0.4, -0.2) is 26.4 Å². The van der Waals surface area contributed by atoms with Crippen LogP contribution in [0.25, 0.3) is 10.8 Å². The van der Waals surface area contributed by atoms with Crippen LogP contribution >= 0.6 is 34.4 Å². The molecule has 0 aromatic carbocycles. The summed E-state index contributed by atoms with van der Waals surface area (Å²) >= 11 is 4.68. The molecule has 0 spiro atoms. The molecule has 0 saturated carbocycles. The van der Waals surface area contributed by atoms with Crippen molar-refractivity contribution in [1.29, 1.82) is 0 Å². The molecule has 0 saturated heterocycles. The van der Waals surface area contributed by atoms with Crippen LogP contribution in [0.5, 0.6) is 0 Å². The predicted octanol–water partition coefficient (Wildman–Crippen LogP) is 4.32. The van der Waals surface area contributed by atoms with E-state index in [-0.39, 0.29) is 5.25 Å². The fourth-order valence-electron chi connectivity index (χ4n) is 1.66. The summed E-state index contributed by atoms with van der Waals surface area (Å²) in [5.74, 6) is 1.17. The minimum atomic E-state index is 0.0288. The van der Waals surface area contributed by atoms with Crippen LogP contribution in [-0.2, 0) is 0 Å². The van der Waals surface area contributed by atoms with E-state index in [0.29, 0.717) is 17.8 Å². The fraction of sp³-hybridized carbons (Fsp3) is 0.385. The number of nitrogens with zero attached hydrogens (tertiary/aromatic N) is 4. The van der Waals surface area contributed by atoms with Gasteiger partial charge < -0.3 is 9.73 Å². The topological polar surface area (TPSA) is 76.7 Å². The maximum Gasteiger partial charge on any atom is 0.257 e.